The molecule has 0 bridgehead atoms. The van der Waals surface area contributed by atoms with Crippen LogP contribution in [0.25, 0.3) is 0 Å². The van der Waals surface area contributed by atoms with Gasteiger partial charge >= 0.3 is 11.7 Å². The highest BCUT2D eigenvalue weighted by Crippen LogP contribution is 2.25. The number of carbonyl (C=O) groups is 1. The number of hydrogen-bond acceptors (Lipinski definition) is 4. The molecule has 0 atom stereocenters. The summed E-state index contributed by atoms with van der Waals surface area (Å²) in [5, 5.41) is 13.5. The first-order chi connectivity index (χ1) is 9.59. The van der Waals surface area contributed by atoms with Crippen molar-refractivity contribution in [3.05, 3.63) is 28.6 Å². The van der Waals surface area contributed by atoms with Gasteiger partial charge in [0, 0.05) is 19.3 Å². The summed E-state index contributed by atoms with van der Waals surface area (Å²) in [6.45, 7) is 0. The molecule has 20 heavy (non-hydrogen) atoms. The van der Waals surface area contributed by atoms with Crippen molar-refractivity contribution < 1.29 is 9.72 Å². The number of nitro groups is 1. The lowest BCUT2D eigenvalue weighted by Crippen LogP contribution is -2.40. The van der Waals surface area contributed by atoms with Crippen molar-refractivity contribution in [2.24, 2.45) is 0 Å². The number of carbonyl (C=O) groups excluding carboxylic acids is 1. The summed E-state index contributed by atoms with van der Waals surface area (Å²) >= 11 is 0. The summed E-state index contributed by atoms with van der Waals surface area (Å²) in [5.41, 5.74) is -0.0180. The van der Waals surface area contributed by atoms with Gasteiger partial charge in [-0.3, -0.25) is 15.1 Å². The third kappa shape index (κ3) is 3.23. The molecule has 1 N–H and O–H groups in total. The Morgan fingerprint density at radius 2 is 2.15 bits per heavy atom. The molecule has 7 heteroatoms. The zero-order chi connectivity index (χ0) is 14.5. The minimum atomic E-state index is -0.552. The molecule has 7 nitrogen and oxygen atoms in total. The fraction of sp³-hybridized carbons (Fsp3) is 0.538. The number of urea groups is 1. The number of anilines is 1. The molecule has 1 aromatic heterocycles. The molecule has 1 fully saturated rings. The summed E-state index contributed by atoms with van der Waals surface area (Å²) in [4.78, 5) is 27.8. The van der Waals surface area contributed by atoms with E-state index in [9.17, 15) is 14.9 Å². The highest BCUT2D eigenvalue weighted by Gasteiger charge is 2.24. The molecule has 0 unspecified atom stereocenters. The Kier molecular flexibility index (Phi) is 4.49. The van der Waals surface area contributed by atoms with Crippen LogP contribution in [0.5, 0.6) is 0 Å². The molecular formula is C13H18N4O3. The van der Waals surface area contributed by atoms with E-state index in [0.717, 1.165) is 31.9 Å². The molecule has 1 aromatic rings. The van der Waals surface area contributed by atoms with E-state index >= 15 is 0 Å². The number of rotatable bonds is 3. The first-order valence-electron chi connectivity index (χ1n) is 6.72. The smallest absolute Gasteiger partial charge is 0.322 e. The predicted octanol–water partition coefficient (Wildman–Crippen LogP) is 2.79. The lowest BCUT2D eigenvalue weighted by atomic mass is 9.95. The third-order valence-corrected chi connectivity index (χ3v) is 3.68. The van der Waals surface area contributed by atoms with E-state index in [0.29, 0.717) is 0 Å². The minimum Gasteiger partial charge on any atom is -0.325 e. The van der Waals surface area contributed by atoms with Gasteiger partial charge in [0.1, 0.15) is 11.9 Å². The zero-order valence-corrected chi connectivity index (χ0v) is 11.4. The minimum absolute atomic E-state index is 0.178. The molecule has 0 spiro atoms. The molecule has 2 rings (SSSR count). The van der Waals surface area contributed by atoms with E-state index < -0.39 is 4.92 Å². The fourth-order valence-electron chi connectivity index (χ4n) is 2.47. The lowest BCUT2D eigenvalue weighted by Gasteiger charge is -2.31. The first-order valence-corrected chi connectivity index (χ1v) is 6.72. The summed E-state index contributed by atoms with van der Waals surface area (Å²) < 4.78 is 0. The van der Waals surface area contributed by atoms with E-state index in [2.05, 4.69) is 10.3 Å². The predicted molar refractivity (Wildman–Crippen MR) is 74.5 cm³/mol. The van der Waals surface area contributed by atoms with Crippen LogP contribution < -0.4 is 5.32 Å². The normalized spacial score (nSPS) is 15.7. The molecule has 108 valence electrons. The van der Waals surface area contributed by atoms with Crippen molar-refractivity contribution in [2.45, 2.75) is 38.1 Å². The summed E-state index contributed by atoms with van der Waals surface area (Å²) in [6.07, 6.45) is 7.99. The summed E-state index contributed by atoms with van der Waals surface area (Å²) in [6, 6.07) is 1.33. The van der Waals surface area contributed by atoms with Gasteiger partial charge in [0.2, 0.25) is 0 Å². The van der Waals surface area contributed by atoms with E-state index in [-0.39, 0.29) is 23.4 Å². The van der Waals surface area contributed by atoms with Crippen molar-refractivity contribution in [3.8, 4) is 0 Å². The van der Waals surface area contributed by atoms with E-state index in [1.807, 2.05) is 0 Å². The highest BCUT2D eigenvalue weighted by molar-refractivity contribution is 5.91. The number of nitrogens with one attached hydrogen (secondary N) is 1. The quantitative estimate of drug-likeness (QED) is 0.680. The van der Waals surface area contributed by atoms with Gasteiger partial charge in [-0.15, -0.1) is 0 Å². The van der Waals surface area contributed by atoms with Gasteiger partial charge in [-0.2, -0.15) is 0 Å². The van der Waals surface area contributed by atoms with Crippen LogP contribution in [0.3, 0.4) is 0 Å². The molecule has 0 saturated heterocycles. The van der Waals surface area contributed by atoms with Crippen LogP contribution in [0.15, 0.2) is 18.5 Å². The van der Waals surface area contributed by atoms with Crippen LogP contribution in [0.4, 0.5) is 16.2 Å². The molecule has 1 aliphatic rings. The van der Waals surface area contributed by atoms with Crippen LogP contribution in [-0.4, -0.2) is 33.9 Å². The van der Waals surface area contributed by atoms with E-state index in [1.54, 1.807) is 11.9 Å². The zero-order valence-electron chi connectivity index (χ0n) is 11.4. The first kappa shape index (κ1) is 14.2. The second kappa shape index (κ2) is 6.31. The molecule has 1 heterocycles. The fourth-order valence-corrected chi connectivity index (χ4v) is 2.47. The van der Waals surface area contributed by atoms with Crippen LogP contribution >= 0.6 is 0 Å². The van der Waals surface area contributed by atoms with Crippen LogP contribution in [-0.2, 0) is 0 Å². The Balaban J connectivity index is 2.05. The van der Waals surface area contributed by atoms with Crippen LogP contribution in [0.1, 0.15) is 32.1 Å². The molecule has 1 aliphatic carbocycles. The topological polar surface area (TPSA) is 88.4 Å². The molecule has 0 radical (unpaired) electrons. The Labute approximate surface area is 117 Å². The van der Waals surface area contributed by atoms with Crippen LogP contribution in [0.2, 0.25) is 0 Å². The second-order valence-corrected chi connectivity index (χ2v) is 4.98. The molecule has 1 saturated carbocycles. The van der Waals surface area contributed by atoms with Crippen molar-refractivity contribution in [3.63, 3.8) is 0 Å². The number of amides is 2. The summed E-state index contributed by atoms with van der Waals surface area (Å²) in [7, 11) is 1.73. The monoisotopic (exact) mass is 278 g/mol. The molecule has 0 aromatic carbocycles. The average Bonchev–Trinajstić information content (AvgIpc) is 2.47. The number of nitrogens with zero attached hydrogens (tertiary/aromatic N) is 3. The number of pyridine rings is 1. The standard InChI is InChI=1S/C13H18N4O3/c1-16(10-5-3-2-4-6-10)13(18)15-11-7-8-14-9-12(11)17(19)20/h7-10H,2-6H2,1H3,(H,14,15,18). The molecule has 2 amide bonds. The maximum absolute atomic E-state index is 12.2. The van der Waals surface area contributed by atoms with Gasteiger partial charge in [-0.05, 0) is 18.9 Å². The van der Waals surface area contributed by atoms with Crippen molar-refractivity contribution in [2.75, 3.05) is 12.4 Å². The summed E-state index contributed by atoms with van der Waals surface area (Å²) in [5.74, 6) is 0. The maximum Gasteiger partial charge on any atom is 0.322 e. The Hall–Kier alpha value is -2.18. The maximum atomic E-state index is 12.2. The second-order valence-electron chi connectivity index (χ2n) is 4.98. The van der Waals surface area contributed by atoms with Gasteiger partial charge in [-0.1, -0.05) is 19.3 Å². The number of hydrogen-bond donors (Lipinski definition) is 1. The Bertz CT molecular complexity index is 500. The van der Waals surface area contributed by atoms with Gasteiger partial charge < -0.3 is 10.2 Å². The van der Waals surface area contributed by atoms with Gasteiger partial charge in [0.15, 0.2) is 0 Å². The largest absolute Gasteiger partial charge is 0.325 e. The SMILES string of the molecule is CN(C(=O)Nc1ccncc1[N+](=O)[O-])C1CCCCC1. The molecule has 0 aliphatic heterocycles. The average molecular weight is 278 g/mol. The van der Waals surface area contributed by atoms with Crippen molar-refractivity contribution in [1.29, 1.82) is 0 Å². The molecular weight excluding hydrogens is 260 g/mol. The Morgan fingerprint density at radius 1 is 1.45 bits per heavy atom. The van der Waals surface area contributed by atoms with Crippen LogP contribution in [0, 0.1) is 10.1 Å². The Morgan fingerprint density at radius 3 is 2.80 bits per heavy atom. The number of aromatic nitrogens is 1. The van der Waals surface area contributed by atoms with Crippen molar-refractivity contribution >= 4 is 17.4 Å². The highest BCUT2D eigenvalue weighted by atomic mass is 16.6. The van der Waals surface area contributed by atoms with Gasteiger partial charge in [-0.25, -0.2) is 4.79 Å². The lowest BCUT2D eigenvalue weighted by molar-refractivity contribution is -0.384. The van der Waals surface area contributed by atoms with Crippen molar-refractivity contribution in [1.82, 2.24) is 9.88 Å². The third-order valence-electron chi connectivity index (χ3n) is 3.68. The van der Waals surface area contributed by atoms with E-state index in [1.165, 1.54) is 18.7 Å². The van der Waals surface area contributed by atoms with Gasteiger partial charge in [0.05, 0.1) is 4.92 Å². The van der Waals surface area contributed by atoms with E-state index in [4.69, 9.17) is 0 Å². The van der Waals surface area contributed by atoms with Gasteiger partial charge in [0.25, 0.3) is 0 Å².